The van der Waals surface area contributed by atoms with Gasteiger partial charge in [-0.2, -0.15) is 0 Å². The van der Waals surface area contributed by atoms with E-state index >= 15 is 0 Å². The number of aromatic amines is 1. The third kappa shape index (κ3) is 2.94. The van der Waals surface area contributed by atoms with Gasteiger partial charge in [-0.1, -0.05) is 6.07 Å². The third-order valence-electron chi connectivity index (χ3n) is 4.06. The Morgan fingerprint density at radius 3 is 2.50 bits per heavy atom. The van der Waals surface area contributed by atoms with Gasteiger partial charge in [0.15, 0.2) is 5.82 Å². The molecule has 1 aliphatic heterocycles. The molecule has 1 fully saturated rings. The summed E-state index contributed by atoms with van der Waals surface area (Å²) in [5.41, 5.74) is 6.24. The highest BCUT2D eigenvalue weighted by atomic mass is 19.3. The van der Waals surface area contributed by atoms with Crippen molar-refractivity contribution >= 4 is 22.8 Å². The summed E-state index contributed by atoms with van der Waals surface area (Å²) in [4.78, 5) is 33.8. The van der Waals surface area contributed by atoms with E-state index in [1.807, 2.05) is 0 Å². The van der Waals surface area contributed by atoms with Gasteiger partial charge in [-0.15, -0.1) is 0 Å². The molecule has 1 aliphatic rings. The molecule has 0 saturated carbocycles. The second kappa shape index (κ2) is 6.52. The molecule has 7 nitrogen and oxygen atoms in total. The first kappa shape index (κ1) is 16.3. The summed E-state index contributed by atoms with van der Waals surface area (Å²) in [6, 6.07) is 4.79. The number of nitrogens with two attached hydrogens (primary N) is 1. The normalized spacial score (nSPS) is 15.3. The summed E-state index contributed by atoms with van der Waals surface area (Å²) in [5.74, 6) is -0.894. The van der Waals surface area contributed by atoms with Gasteiger partial charge in [0.05, 0.1) is 17.6 Å². The Kier molecular flexibility index (Phi) is 4.43. The second-order valence-electron chi connectivity index (χ2n) is 5.50. The van der Waals surface area contributed by atoms with Crippen LogP contribution in [-0.2, 0) is 4.79 Å². The summed E-state index contributed by atoms with van der Waals surface area (Å²) < 4.78 is 25.6. The topological polar surface area (TPSA) is 95.3 Å². The van der Waals surface area contributed by atoms with Crippen LogP contribution in [0.2, 0.25) is 0 Å². The van der Waals surface area contributed by atoms with Crippen molar-refractivity contribution in [3.63, 3.8) is 0 Å². The zero-order valence-corrected chi connectivity index (χ0v) is 12.8. The number of nitrogens with zero attached hydrogens (tertiary/aromatic N) is 3. The van der Waals surface area contributed by atoms with Crippen LogP contribution < -0.4 is 5.73 Å². The van der Waals surface area contributed by atoms with Crippen molar-refractivity contribution < 1.29 is 18.4 Å². The largest absolute Gasteiger partial charge is 0.338 e. The maximum atomic E-state index is 12.8. The summed E-state index contributed by atoms with van der Waals surface area (Å²) in [6.45, 7) is 1.48. The van der Waals surface area contributed by atoms with Gasteiger partial charge in [-0.05, 0) is 12.1 Å². The number of piperazine rings is 1. The van der Waals surface area contributed by atoms with Crippen molar-refractivity contribution in [2.45, 2.75) is 6.43 Å². The molecule has 2 aromatic rings. The average molecular weight is 337 g/mol. The van der Waals surface area contributed by atoms with Crippen molar-refractivity contribution in [2.24, 2.45) is 5.73 Å². The predicted octanol–water partition coefficient (Wildman–Crippen LogP) is 0.744. The van der Waals surface area contributed by atoms with Crippen LogP contribution in [0.1, 0.15) is 22.6 Å². The monoisotopic (exact) mass is 337 g/mol. The van der Waals surface area contributed by atoms with Gasteiger partial charge in [-0.25, -0.2) is 13.8 Å². The molecule has 128 valence electrons. The number of halogens is 2. The maximum Gasteiger partial charge on any atom is 0.295 e. The summed E-state index contributed by atoms with van der Waals surface area (Å²) >= 11 is 0. The predicted molar refractivity (Wildman–Crippen MR) is 82.6 cm³/mol. The number of imidazole rings is 1. The molecule has 2 heterocycles. The Hall–Kier alpha value is -2.55. The van der Waals surface area contributed by atoms with Crippen LogP contribution in [0, 0.1) is 0 Å². The Morgan fingerprint density at radius 2 is 1.88 bits per heavy atom. The highest BCUT2D eigenvalue weighted by Gasteiger charge is 2.26. The zero-order valence-electron chi connectivity index (χ0n) is 12.8. The number of para-hydroxylation sites is 1. The fourth-order valence-corrected chi connectivity index (χ4v) is 2.79. The van der Waals surface area contributed by atoms with Gasteiger partial charge in [0.1, 0.15) is 5.52 Å². The first-order valence-electron chi connectivity index (χ1n) is 7.55. The molecule has 9 heteroatoms. The van der Waals surface area contributed by atoms with Crippen molar-refractivity contribution in [1.82, 2.24) is 19.8 Å². The minimum absolute atomic E-state index is 0.0586. The van der Waals surface area contributed by atoms with E-state index in [2.05, 4.69) is 9.97 Å². The van der Waals surface area contributed by atoms with Crippen LogP contribution in [0.4, 0.5) is 8.78 Å². The Balaban J connectivity index is 1.81. The first-order chi connectivity index (χ1) is 11.5. The smallest absolute Gasteiger partial charge is 0.295 e. The van der Waals surface area contributed by atoms with Gasteiger partial charge in [-0.3, -0.25) is 9.59 Å². The van der Waals surface area contributed by atoms with E-state index in [4.69, 9.17) is 5.73 Å². The molecule has 2 amide bonds. The summed E-state index contributed by atoms with van der Waals surface area (Å²) in [5, 5.41) is 0. The van der Waals surface area contributed by atoms with E-state index in [0.29, 0.717) is 31.7 Å². The van der Waals surface area contributed by atoms with Crippen molar-refractivity contribution in [3.05, 3.63) is 29.6 Å². The molecule has 0 unspecified atom stereocenters. The SMILES string of the molecule is NCC(=O)N1CCN(C(=O)c2cccc3[nH]c(C(F)F)nc23)CC1. The van der Waals surface area contributed by atoms with Crippen LogP contribution in [-0.4, -0.2) is 64.3 Å². The Bertz CT molecular complexity index is 768. The summed E-state index contributed by atoms with van der Waals surface area (Å²) in [6.07, 6.45) is -2.73. The maximum absolute atomic E-state index is 12.8. The highest BCUT2D eigenvalue weighted by molar-refractivity contribution is 6.05. The van der Waals surface area contributed by atoms with Crippen molar-refractivity contribution in [3.8, 4) is 0 Å². The lowest BCUT2D eigenvalue weighted by Crippen LogP contribution is -2.51. The number of hydrogen-bond donors (Lipinski definition) is 2. The number of amides is 2. The number of nitrogens with one attached hydrogen (secondary N) is 1. The van der Waals surface area contributed by atoms with E-state index < -0.39 is 12.2 Å². The molecular formula is C15H17F2N5O2. The molecule has 0 atom stereocenters. The lowest BCUT2D eigenvalue weighted by atomic mass is 10.1. The summed E-state index contributed by atoms with van der Waals surface area (Å²) in [7, 11) is 0. The molecule has 0 radical (unpaired) electrons. The van der Waals surface area contributed by atoms with Gasteiger partial charge in [0.2, 0.25) is 5.91 Å². The minimum atomic E-state index is -2.73. The average Bonchev–Trinajstić information content (AvgIpc) is 3.05. The Morgan fingerprint density at radius 1 is 1.21 bits per heavy atom. The molecule has 0 aliphatic carbocycles. The number of rotatable bonds is 3. The number of H-pyrrole nitrogens is 1. The Labute approximate surface area is 136 Å². The minimum Gasteiger partial charge on any atom is -0.338 e. The molecule has 24 heavy (non-hydrogen) atoms. The van der Waals surface area contributed by atoms with Crippen LogP contribution in [0.15, 0.2) is 18.2 Å². The van der Waals surface area contributed by atoms with Gasteiger partial charge >= 0.3 is 0 Å². The van der Waals surface area contributed by atoms with Crippen molar-refractivity contribution in [2.75, 3.05) is 32.7 Å². The zero-order chi connectivity index (χ0) is 17.3. The molecule has 1 saturated heterocycles. The molecule has 1 aromatic carbocycles. The molecule has 0 bridgehead atoms. The van der Waals surface area contributed by atoms with Gasteiger partial charge < -0.3 is 20.5 Å². The molecule has 0 spiro atoms. The van der Waals surface area contributed by atoms with E-state index in [9.17, 15) is 18.4 Å². The molecule has 3 rings (SSSR count). The van der Waals surface area contributed by atoms with Gasteiger partial charge in [0.25, 0.3) is 12.3 Å². The molecule has 3 N–H and O–H groups in total. The van der Waals surface area contributed by atoms with Crippen LogP contribution >= 0.6 is 0 Å². The number of alkyl halides is 2. The third-order valence-corrected chi connectivity index (χ3v) is 4.06. The van der Waals surface area contributed by atoms with Crippen molar-refractivity contribution in [1.29, 1.82) is 0 Å². The van der Waals surface area contributed by atoms with E-state index in [0.717, 1.165) is 0 Å². The fraction of sp³-hybridized carbons (Fsp3) is 0.400. The number of hydrogen-bond acceptors (Lipinski definition) is 4. The lowest BCUT2D eigenvalue weighted by molar-refractivity contribution is -0.131. The van der Waals surface area contributed by atoms with Gasteiger partial charge in [0, 0.05) is 26.2 Å². The molecular weight excluding hydrogens is 320 g/mol. The number of carbonyl (C=O) groups is 2. The van der Waals surface area contributed by atoms with E-state index in [1.54, 1.807) is 28.0 Å². The highest BCUT2D eigenvalue weighted by Crippen LogP contribution is 2.23. The number of aromatic nitrogens is 2. The van der Waals surface area contributed by atoms with Crippen LogP contribution in [0.3, 0.4) is 0 Å². The first-order valence-corrected chi connectivity index (χ1v) is 7.55. The second-order valence-corrected chi connectivity index (χ2v) is 5.50. The molecule has 1 aromatic heterocycles. The van der Waals surface area contributed by atoms with E-state index in [-0.39, 0.29) is 29.4 Å². The quantitative estimate of drug-likeness (QED) is 0.864. The number of fused-ring (bicyclic) bond motifs is 1. The standard InChI is InChI=1S/C15H17F2N5O2/c16-13(17)14-19-10-3-1-2-9(12(10)20-14)15(24)22-6-4-21(5-7-22)11(23)8-18/h1-3,13H,4-8,18H2,(H,19,20). The van der Waals surface area contributed by atoms with E-state index in [1.165, 1.54) is 0 Å². The van der Waals surface area contributed by atoms with Crippen LogP contribution in [0.5, 0.6) is 0 Å². The fourth-order valence-electron chi connectivity index (χ4n) is 2.79. The lowest BCUT2D eigenvalue weighted by Gasteiger charge is -2.34. The van der Waals surface area contributed by atoms with Crippen LogP contribution in [0.25, 0.3) is 11.0 Å². The number of carbonyl (C=O) groups excluding carboxylic acids is 2. The number of benzene rings is 1.